The fraction of sp³-hybridized carbons (Fsp3) is 0.750. The third kappa shape index (κ3) is 6.17. The molecule has 0 aromatic carbocycles. The molecule has 24 heavy (non-hydrogen) atoms. The topological polar surface area (TPSA) is 133 Å². The van der Waals surface area contributed by atoms with Crippen molar-refractivity contribution in [2.75, 3.05) is 7.05 Å². The van der Waals surface area contributed by atoms with E-state index in [2.05, 4.69) is 10.6 Å². The second-order valence-electron chi connectivity index (χ2n) is 7.31. The lowest BCUT2D eigenvalue weighted by molar-refractivity contribution is -0.160. The third-order valence-electron chi connectivity index (χ3n) is 3.66. The van der Waals surface area contributed by atoms with Crippen molar-refractivity contribution in [2.24, 2.45) is 23.2 Å². The molecule has 138 valence electrons. The summed E-state index contributed by atoms with van der Waals surface area (Å²) in [5.74, 6) is -7.54. The zero-order chi connectivity index (χ0) is 19.2. The summed E-state index contributed by atoms with van der Waals surface area (Å²) < 4.78 is 0. The molecule has 0 aliphatic carbocycles. The van der Waals surface area contributed by atoms with Gasteiger partial charge in [-0.2, -0.15) is 0 Å². The smallest absolute Gasteiger partial charge is 0.318 e. The number of aliphatic carboxylic acids is 2. The lowest BCUT2D eigenvalue weighted by Gasteiger charge is -2.32. The predicted octanol–water partition coefficient (Wildman–Crippen LogP) is 0.711. The van der Waals surface area contributed by atoms with Crippen LogP contribution in [-0.2, 0) is 19.2 Å². The fourth-order valence-electron chi connectivity index (χ4n) is 2.42. The van der Waals surface area contributed by atoms with Crippen LogP contribution in [0.25, 0.3) is 0 Å². The second-order valence-corrected chi connectivity index (χ2v) is 7.31. The van der Waals surface area contributed by atoms with E-state index in [0.29, 0.717) is 0 Å². The Kier molecular flexibility index (Phi) is 7.89. The first-order valence-electron chi connectivity index (χ1n) is 7.80. The van der Waals surface area contributed by atoms with E-state index >= 15 is 0 Å². The van der Waals surface area contributed by atoms with E-state index in [1.54, 1.807) is 34.6 Å². The van der Waals surface area contributed by atoms with Crippen LogP contribution in [0.4, 0.5) is 0 Å². The average molecular weight is 344 g/mol. The highest BCUT2D eigenvalue weighted by Crippen LogP contribution is 2.25. The van der Waals surface area contributed by atoms with Gasteiger partial charge in [-0.05, 0) is 17.8 Å². The Morgan fingerprint density at radius 2 is 1.42 bits per heavy atom. The highest BCUT2D eigenvalue weighted by Gasteiger charge is 2.42. The molecular formula is C16H28N2O6. The number of carboxylic acids is 2. The van der Waals surface area contributed by atoms with Gasteiger partial charge in [0.25, 0.3) is 0 Å². The minimum atomic E-state index is -1.86. The number of rotatable bonds is 8. The summed E-state index contributed by atoms with van der Waals surface area (Å²) in [4.78, 5) is 47.2. The Morgan fingerprint density at radius 1 is 0.958 bits per heavy atom. The molecule has 0 rings (SSSR count). The lowest BCUT2D eigenvalue weighted by Crippen LogP contribution is -2.55. The van der Waals surface area contributed by atoms with Crippen LogP contribution in [0.1, 0.15) is 41.0 Å². The first-order valence-corrected chi connectivity index (χ1v) is 7.80. The Morgan fingerprint density at radius 3 is 1.71 bits per heavy atom. The molecule has 0 unspecified atom stereocenters. The number of likely N-dealkylation sites (N-methyl/N-ethyl adjacent to an activating group) is 1. The Hall–Kier alpha value is -2.12. The van der Waals surface area contributed by atoms with Crippen molar-refractivity contribution in [1.29, 1.82) is 0 Å². The van der Waals surface area contributed by atoms with E-state index in [-0.39, 0.29) is 12.3 Å². The van der Waals surface area contributed by atoms with Gasteiger partial charge in [-0.25, -0.2) is 0 Å². The monoisotopic (exact) mass is 344 g/mol. The molecule has 0 saturated heterocycles. The summed E-state index contributed by atoms with van der Waals surface area (Å²) in [5.41, 5.74) is -0.625. The summed E-state index contributed by atoms with van der Waals surface area (Å²) in [6.07, 6.45) is 0.0830. The number of hydrogen-bond acceptors (Lipinski definition) is 4. The molecule has 8 nitrogen and oxygen atoms in total. The van der Waals surface area contributed by atoms with Gasteiger partial charge in [0, 0.05) is 7.05 Å². The first-order chi connectivity index (χ1) is 10.8. The van der Waals surface area contributed by atoms with Crippen LogP contribution >= 0.6 is 0 Å². The molecule has 0 saturated carbocycles. The first kappa shape index (κ1) is 21.9. The highest BCUT2D eigenvalue weighted by atomic mass is 16.4. The molecule has 2 atom stereocenters. The van der Waals surface area contributed by atoms with Crippen molar-refractivity contribution in [1.82, 2.24) is 10.6 Å². The lowest BCUT2D eigenvalue weighted by atomic mass is 9.82. The van der Waals surface area contributed by atoms with Gasteiger partial charge in [0.05, 0.1) is 5.92 Å². The van der Waals surface area contributed by atoms with Crippen molar-refractivity contribution >= 4 is 23.8 Å². The number of nitrogens with one attached hydrogen (secondary N) is 2. The normalized spacial score (nSPS) is 14.2. The van der Waals surface area contributed by atoms with Crippen LogP contribution in [0, 0.1) is 23.2 Å². The maximum atomic E-state index is 12.6. The van der Waals surface area contributed by atoms with E-state index in [1.807, 2.05) is 0 Å². The minimum absolute atomic E-state index is 0.0830. The number of amides is 2. The number of carboxylic acid groups (broad SMARTS) is 2. The van der Waals surface area contributed by atoms with Gasteiger partial charge in [-0.3, -0.25) is 19.2 Å². The third-order valence-corrected chi connectivity index (χ3v) is 3.66. The summed E-state index contributed by atoms with van der Waals surface area (Å²) >= 11 is 0. The summed E-state index contributed by atoms with van der Waals surface area (Å²) in [5, 5.41) is 23.3. The summed E-state index contributed by atoms with van der Waals surface area (Å²) in [7, 11) is 1.43. The molecule has 0 spiro atoms. The van der Waals surface area contributed by atoms with Gasteiger partial charge in [0.15, 0.2) is 5.92 Å². The summed E-state index contributed by atoms with van der Waals surface area (Å²) in [6, 6.07) is -0.909. The molecule has 0 aliphatic rings. The summed E-state index contributed by atoms with van der Waals surface area (Å²) in [6.45, 7) is 8.77. The Bertz CT molecular complexity index is 481. The molecule has 0 fully saturated rings. The van der Waals surface area contributed by atoms with Crippen LogP contribution in [0.3, 0.4) is 0 Å². The van der Waals surface area contributed by atoms with E-state index in [9.17, 15) is 29.4 Å². The van der Waals surface area contributed by atoms with Gasteiger partial charge in [-0.1, -0.05) is 34.6 Å². The molecule has 2 amide bonds. The van der Waals surface area contributed by atoms with Crippen molar-refractivity contribution in [3.63, 3.8) is 0 Å². The minimum Gasteiger partial charge on any atom is -0.481 e. The maximum absolute atomic E-state index is 12.6. The van der Waals surface area contributed by atoms with E-state index in [0.717, 1.165) is 0 Å². The van der Waals surface area contributed by atoms with Crippen LogP contribution in [-0.4, -0.2) is 47.1 Å². The van der Waals surface area contributed by atoms with Crippen molar-refractivity contribution < 1.29 is 29.4 Å². The molecule has 0 aromatic rings. The molecule has 8 heteroatoms. The van der Waals surface area contributed by atoms with Crippen molar-refractivity contribution in [3.8, 4) is 0 Å². The van der Waals surface area contributed by atoms with Gasteiger partial charge < -0.3 is 20.8 Å². The zero-order valence-corrected chi connectivity index (χ0v) is 15.0. The van der Waals surface area contributed by atoms with Gasteiger partial charge >= 0.3 is 11.9 Å². The van der Waals surface area contributed by atoms with E-state index in [4.69, 9.17) is 0 Å². The SMILES string of the molecule is CNC(=O)[C@@H](NC(=O)[C@@H](CC(C)C)C(C(=O)O)C(=O)O)C(C)(C)C. The molecule has 0 aliphatic heterocycles. The van der Waals surface area contributed by atoms with Gasteiger partial charge in [0.1, 0.15) is 6.04 Å². The average Bonchev–Trinajstić information content (AvgIpc) is 2.40. The van der Waals surface area contributed by atoms with E-state index < -0.39 is 47.0 Å². The molecule has 0 heterocycles. The van der Waals surface area contributed by atoms with Crippen LogP contribution < -0.4 is 10.6 Å². The maximum Gasteiger partial charge on any atom is 0.318 e. The quantitative estimate of drug-likeness (QED) is 0.479. The van der Waals surface area contributed by atoms with Crippen molar-refractivity contribution in [3.05, 3.63) is 0 Å². The molecule has 0 bridgehead atoms. The van der Waals surface area contributed by atoms with Gasteiger partial charge in [-0.15, -0.1) is 0 Å². The second kappa shape index (κ2) is 8.65. The number of hydrogen-bond donors (Lipinski definition) is 4. The molecule has 4 N–H and O–H groups in total. The largest absolute Gasteiger partial charge is 0.481 e. The van der Waals surface area contributed by atoms with Crippen LogP contribution in [0.15, 0.2) is 0 Å². The zero-order valence-electron chi connectivity index (χ0n) is 15.0. The number of carbonyl (C=O) groups is 4. The number of carbonyl (C=O) groups excluding carboxylic acids is 2. The fourth-order valence-corrected chi connectivity index (χ4v) is 2.42. The van der Waals surface area contributed by atoms with Crippen molar-refractivity contribution in [2.45, 2.75) is 47.1 Å². The standard InChI is InChI=1S/C16H28N2O6/c1-8(2)7-9(10(14(21)22)15(23)24)12(19)18-11(13(20)17-6)16(3,4)5/h8-11H,7H2,1-6H3,(H,17,20)(H,18,19)(H,21,22)(H,23,24)/t9-,11+/m0/s1. The Balaban J connectivity index is 5.63. The van der Waals surface area contributed by atoms with Crippen LogP contribution in [0.2, 0.25) is 0 Å². The molecule has 0 aromatic heterocycles. The molecular weight excluding hydrogens is 316 g/mol. The van der Waals surface area contributed by atoms with Crippen LogP contribution in [0.5, 0.6) is 0 Å². The van der Waals surface area contributed by atoms with Gasteiger partial charge in [0.2, 0.25) is 11.8 Å². The Labute approximate surface area is 142 Å². The molecule has 0 radical (unpaired) electrons. The predicted molar refractivity (Wildman–Crippen MR) is 87.2 cm³/mol. The highest BCUT2D eigenvalue weighted by molar-refractivity contribution is 5.99. The van der Waals surface area contributed by atoms with E-state index in [1.165, 1.54) is 7.05 Å².